The molecule has 0 spiro atoms. The molecule has 120 valence electrons. The van der Waals surface area contributed by atoms with Gasteiger partial charge in [0.2, 0.25) is 5.88 Å². The average Bonchev–Trinajstić information content (AvgIpc) is 2.57. The van der Waals surface area contributed by atoms with Gasteiger partial charge in [-0.25, -0.2) is 4.98 Å². The fourth-order valence-corrected chi connectivity index (χ4v) is 2.02. The summed E-state index contributed by atoms with van der Waals surface area (Å²) in [5.41, 5.74) is 5.37. The molecule has 7 heteroatoms. The van der Waals surface area contributed by atoms with Crippen molar-refractivity contribution < 1.29 is 9.47 Å². The van der Waals surface area contributed by atoms with Gasteiger partial charge in [0.1, 0.15) is 5.75 Å². The highest BCUT2D eigenvalue weighted by Gasteiger charge is 2.03. The van der Waals surface area contributed by atoms with Gasteiger partial charge in [-0.15, -0.1) is 0 Å². The lowest BCUT2D eigenvalue weighted by atomic mass is 10.2. The molecule has 2 rings (SSSR count). The van der Waals surface area contributed by atoms with Crippen LogP contribution < -0.4 is 20.2 Å². The Balaban J connectivity index is 1.96. The first-order chi connectivity index (χ1) is 11.1. The van der Waals surface area contributed by atoms with Crippen LogP contribution in [0.2, 0.25) is 0 Å². The van der Waals surface area contributed by atoms with Crippen molar-refractivity contribution in [2.24, 2.45) is 5.10 Å². The van der Waals surface area contributed by atoms with E-state index in [1.165, 1.54) is 0 Å². The molecule has 0 atom stereocenters. The van der Waals surface area contributed by atoms with Gasteiger partial charge in [-0.05, 0) is 36.8 Å². The zero-order valence-corrected chi connectivity index (χ0v) is 14.0. The number of anilines is 1. The molecule has 0 fully saturated rings. The maximum Gasteiger partial charge on any atom is 0.213 e. The van der Waals surface area contributed by atoms with Gasteiger partial charge >= 0.3 is 0 Å². The largest absolute Gasteiger partial charge is 0.496 e. The highest BCUT2D eigenvalue weighted by atomic mass is 32.1. The van der Waals surface area contributed by atoms with E-state index in [4.69, 9.17) is 21.7 Å². The monoisotopic (exact) mass is 330 g/mol. The van der Waals surface area contributed by atoms with E-state index in [0.717, 1.165) is 22.6 Å². The van der Waals surface area contributed by atoms with Crippen LogP contribution in [0.25, 0.3) is 0 Å². The Hall–Kier alpha value is -2.67. The van der Waals surface area contributed by atoms with Gasteiger partial charge < -0.3 is 14.8 Å². The molecule has 0 saturated heterocycles. The Morgan fingerprint density at radius 2 is 2.04 bits per heavy atom. The van der Waals surface area contributed by atoms with E-state index in [-0.39, 0.29) is 0 Å². The number of hydrogen-bond acceptors (Lipinski definition) is 5. The Morgan fingerprint density at radius 3 is 2.74 bits per heavy atom. The normalized spacial score (nSPS) is 10.4. The number of para-hydroxylation sites is 1. The number of hydrazone groups is 1. The second-order valence-electron chi connectivity index (χ2n) is 4.61. The van der Waals surface area contributed by atoms with Gasteiger partial charge in [0.25, 0.3) is 0 Å². The van der Waals surface area contributed by atoms with E-state index in [9.17, 15) is 0 Å². The van der Waals surface area contributed by atoms with Crippen molar-refractivity contribution in [2.45, 2.75) is 6.92 Å². The van der Waals surface area contributed by atoms with Crippen LogP contribution in [-0.2, 0) is 0 Å². The van der Waals surface area contributed by atoms with Crippen LogP contribution in [0, 0.1) is 6.92 Å². The summed E-state index contributed by atoms with van der Waals surface area (Å²) >= 11 is 5.21. The lowest BCUT2D eigenvalue weighted by Gasteiger charge is -2.10. The van der Waals surface area contributed by atoms with E-state index in [1.807, 2.05) is 37.3 Å². The van der Waals surface area contributed by atoms with Crippen molar-refractivity contribution >= 4 is 29.2 Å². The third-order valence-corrected chi connectivity index (χ3v) is 3.25. The average molecular weight is 330 g/mol. The number of aromatic nitrogens is 1. The van der Waals surface area contributed by atoms with Crippen LogP contribution in [0.4, 0.5) is 5.69 Å². The first kappa shape index (κ1) is 16.7. The van der Waals surface area contributed by atoms with Crippen molar-refractivity contribution in [1.29, 1.82) is 0 Å². The van der Waals surface area contributed by atoms with Gasteiger partial charge in [0.15, 0.2) is 5.11 Å². The zero-order valence-electron chi connectivity index (χ0n) is 13.2. The van der Waals surface area contributed by atoms with Crippen LogP contribution in [0.15, 0.2) is 41.6 Å². The molecule has 0 saturated carbocycles. The van der Waals surface area contributed by atoms with Crippen molar-refractivity contribution in [3.63, 3.8) is 0 Å². The Morgan fingerprint density at radius 1 is 1.26 bits per heavy atom. The lowest BCUT2D eigenvalue weighted by Crippen LogP contribution is -2.24. The molecule has 0 aliphatic rings. The van der Waals surface area contributed by atoms with E-state index in [2.05, 4.69) is 20.8 Å². The van der Waals surface area contributed by atoms with Gasteiger partial charge in [0, 0.05) is 11.6 Å². The van der Waals surface area contributed by atoms with Crippen LogP contribution in [-0.4, -0.2) is 30.5 Å². The highest BCUT2D eigenvalue weighted by molar-refractivity contribution is 7.80. The van der Waals surface area contributed by atoms with Crippen molar-refractivity contribution in [2.75, 3.05) is 19.5 Å². The highest BCUT2D eigenvalue weighted by Crippen LogP contribution is 2.18. The topological polar surface area (TPSA) is 67.8 Å². The predicted octanol–water partition coefficient (Wildman–Crippen LogP) is 2.73. The number of aryl methyl sites for hydroxylation is 1. The molecule has 0 aliphatic heterocycles. The number of benzene rings is 1. The second-order valence-corrected chi connectivity index (χ2v) is 5.02. The number of thiocarbonyl (C=S) groups is 1. The number of methoxy groups -OCH3 is 2. The minimum atomic E-state index is 0.367. The quantitative estimate of drug-likeness (QED) is 0.499. The summed E-state index contributed by atoms with van der Waals surface area (Å²) in [7, 11) is 3.19. The summed E-state index contributed by atoms with van der Waals surface area (Å²) in [4.78, 5) is 4.13. The molecule has 2 N–H and O–H groups in total. The number of hydrogen-bond donors (Lipinski definition) is 2. The molecule has 1 aromatic carbocycles. The Bertz CT molecular complexity index is 719. The number of ether oxygens (including phenoxy) is 2. The lowest BCUT2D eigenvalue weighted by molar-refractivity contribution is 0.397. The third-order valence-electron chi connectivity index (χ3n) is 3.05. The standard InChI is InChI=1S/C16H18N4O2S/c1-11-8-15(22-3)17-10-13(11)19-16(23)20-18-9-12-6-4-5-7-14(12)21-2/h4-10H,1-3H3,(H2,19,20,23). The van der Waals surface area contributed by atoms with Crippen molar-refractivity contribution in [1.82, 2.24) is 10.4 Å². The van der Waals surface area contributed by atoms with Crippen molar-refractivity contribution in [3.8, 4) is 11.6 Å². The molecule has 1 heterocycles. The zero-order chi connectivity index (χ0) is 16.7. The molecule has 0 amide bonds. The predicted molar refractivity (Wildman–Crippen MR) is 95.5 cm³/mol. The van der Waals surface area contributed by atoms with Crippen LogP contribution in [0.3, 0.4) is 0 Å². The number of pyridine rings is 1. The smallest absolute Gasteiger partial charge is 0.213 e. The van der Waals surface area contributed by atoms with Gasteiger partial charge in [0.05, 0.1) is 32.3 Å². The molecule has 0 unspecified atom stereocenters. The maximum atomic E-state index is 5.25. The Kier molecular flexibility index (Phi) is 5.87. The molecule has 0 bridgehead atoms. The fourth-order valence-electron chi connectivity index (χ4n) is 1.86. The summed E-state index contributed by atoms with van der Waals surface area (Å²) in [5.74, 6) is 1.30. The van der Waals surface area contributed by atoms with Gasteiger partial charge in [-0.1, -0.05) is 12.1 Å². The molecular formula is C16H18N4O2S. The van der Waals surface area contributed by atoms with Crippen LogP contribution in [0.5, 0.6) is 11.6 Å². The first-order valence-corrected chi connectivity index (χ1v) is 7.28. The molecule has 23 heavy (non-hydrogen) atoms. The van der Waals surface area contributed by atoms with E-state index in [1.54, 1.807) is 26.6 Å². The summed E-state index contributed by atoms with van der Waals surface area (Å²) in [6.07, 6.45) is 3.30. The minimum absolute atomic E-state index is 0.367. The molecule has 2 aromatic rings. The molecular weight excluding hydrogens is 312 g/mol. The summed E-state index contributed by atoms with van der Waals surface area (Å²) in [6.45, 7) is 1.94. The molecule has 6 nitrogen and oxygen atoms in total. The molecule has 0 radical (unpaired) electrons. The number of rotatable bonds is 5. The van der Waals surface area contributed by atoms with E-state index in [0.29, 0.717) is 11.0 Å². The fraction of sp³-hybridized carbons (Fsp3) is 0.188. The van der Waals surface area contributed by atoms with E-state index >= 15 is 0 Å². The maximum absolute atomic E-state index is 5.25. The minimum Gasteiger partial charge on any atom is -0.496 e. The number of nitrogens with zero attached hydrogens (tertiary/aromatic N) is 2. The van der Waals surface area contributed by atoms with E-state index < -0.39 is 0 Å². The Labute approximate surface area is 140 Å². The van der Waals surface area contributed by atoms with Crippen LogP contribution >= 0.6 is 12.2 Å². The van der Waals surface area contributed by atoms with Crippen molar-refractivity contribution in [3.05, 3.63) is 47.7 Å². The first-order valence-electron chi connectivity index (χ1n) is 6.87. The molecule has 0 aliphatic carbocycles. The molecule has 1 aromatic heterocycles. The third kappa shape index (κ3) is 4.65. The summed E-state index contributed by atoms with van der Waals surface area (Å²) < 4.78 is 10.3. The van der Waals surface area contributed by atoms with Crippen LogP contribution in [0.1, 0.15) is 11.1 Å². The summed E-state index contributed by atoms with van der Waals surface area (Å²) in [5, 5.41) is 7.51. The van der Waals surface area contributed by atoms with Gasteiger partial charge in [-0.2, -0.15) is 5.10 Å². The second kappa shape index (κ2) is 8.09. The SMILES string of the molecule is COc1cc(C)c(NC(=S)NN=Cc2ccccc2OC)cn1. The van der Waals surface area contributed by atoms with Gasteiger partial charge in [-0.3, -0.25) is 5.43 Å². The summed E-state index contributed by atoms with van der Waals surface area (Å²) in [6, 6.07) is 9.40. The number of nitrogens with one attached hydrogen (secondary N) is 2.